The van der Waals surface area contributed by atoms with E-state index >= 15 is 0 Å². The van der Waals surface area contributed by atoms with E-state index in [0.29, 0.717) is 22.0 Å². The molecule has 1 amide bonds. The normalized spacial score (nSPS) is 11.9. The van der Waals surface area contributed by atoms with Gasteiger partial charge < -0.3 is 11.1 Å². The number of thiocarbonyl (C=S) groups is 1. The molecule has 3 N–H and O–H groups in total. The molecule has 1 heterocycles. The standard InChI is InChI=1S/C10H12ClN3OS/c1-6(4-9(12)16)14-10(15)7-2-3-13-5-8(7)11/h2-3,5-6H,4H2,1H3,(H2,12,16)(H,14,15). The van der Waals surface area contributed by atoms with Crippen molar-refractivity contribution in [3.05, 3.63) is 29.0 Å². The fourth-order valence-corrected chi connectivity index (χ4v) is 1.67. The molecule has 86 valence electrons. The molecule has 0 aromatic carbocycles. The summed E-state index contributed by atoms with van der Waals surface area (Å²) in [5.74, 6) is -0.254. The van der Waals surface area contributed by atoms with Gasteiger partial charge in [0.05, 0.1) is 15.6 Å². The van der Waals surface area contributed by atoms with Crippen LogP contribution in [0.4, 0.5) is 0 Å². The third-order valence-corrected chi connectivity index (χ3v) is 2.37. The van der Waals surface area contributed by atoms with E-state index in [1.807, 2.05) is 6.92 Å². The minimum Gasteiger partial charge on any atom is -0.393 e. The number of carbonyl (C=O) groups is 1. The van der Waals surface area contributed by atoms with Crippen LogP contribution >= 0.6 is 23.8 Å². The molecule has 1 aromatic heterocycles. The molecule has 0 saturated carbocycles. The molecule has 0 saturated heterocycles. The second-order valence-corrected chi connectivity index (χ2v) is 4.33. The summed E-state index contributed by atoms with van der Waals surface area (Å²) in [4.78, 5) is 15.9. The van der Waals surface area contributed by atoms with Gasteiger partial charge in [0.1, 0.15) is 0 Å². The Kier molecular flexibility index (Phi) is 4.64. The molecular weight excluding hydrogens is 246 g/mol. The third kappa shape index (κ3) is 3.75. The van der Waals surface area contributed by atoms with Gasteiger partial charge >= 0.3 is 0 Å². The van der Waals surface area contributed by atoms with E-state index in [1.165, 1.54) is 12.4 Å². The van der Waals surface area contributed by atoms with Crippen molar-refractivity contribution in [2.75, 3.05) is 0 Å². The van der Waals surface area contributed by atoms with Crippen molar-refractivity contribution in [1.29, 1.82) is 0 Å². The SMILES string of the molecule is CC(CC(N)=S)NC(=O)c1ccncc1Cl. The molecule has 0 radical (unpaired) electrons. The quantitative estimate of drug-likeness (QED) is 0.803. The molecule has 1 aromatic rings. The highest BCUT2D eigenvalue weighted by molar-refractivity contribution is 7.80. The van der Waals surface area contributed by atoms with Gasteiger partial charge in [-0.25, -0.2) is 0 Å². The Morgan fingerprint density at radius 3 is 3.00 bits per heavy atom. The maximum absolute atomic E-state index is 11.7. The molecule has 1 unspecified atom stereocenters. The van der Waals surface area contributed by atoms with Crippen molar-refractivity contribution >= 4 is 34.7 Å². The van der Waals surface area contributed by atoms with E-state index in [2.05, 4.69) is 10.3 Å². The number of rotatable bonds is 4. The average Bonchev–Trinajstić information content (AvgIpc) is 2.16. The molecule has 0 aliphatic heterocycles. The minimum absolute atomic E-state index is 0.116. The van der Waals surface area contributed by atoms with E-state index in [4.69, 9.17) is 29.6 Å². The number of hydrogen-bond acceptors (Lipinski definition) is 3. The van der Waals surface area contributed by atoms with Gasteiger partial charge in [-0.3, -0.25) is 9.78 Å². The van der Waals surface area contributed by atoms with Crippen LogP contribution in [0.3, 0.4) is 0 Å². The maximum Gasteiger partial charge on any atom is 0.253 e. The molecule has 0 spiro atoms. The average molecular weight is 258 g/mol. The number of halogens is 1. The van der Waals surface area contributed by atoms with Gasteiger partial charge in [-0.1, -0.05) is 23.8 Å². The van der Waals surface area contributed by atoms with Crippen molar-refractivity contribution in [3.63, 3.8) is 0 Å². The van der Waals surface area contributed by atoms with E-state index < -0.39 is 0 Å². The lowest BCUT2D eigenvalue weighted by molar-refractivity contribution is 0.0941. The third-order valence-electron chi connectivity index (χ3n) is 1.90. The number of nitrogens with one attached hydrogen (secondary N) is 1. The molecule has 0 aliphatic rings. The number of pyridine rings is 1. The van der Waals surface area contributed by atoms with E-state index in [-0.39, 0.29) is 11.9 Å². The van der Waals surface area contributed by atoms with Crippen LogP contribution in [0.15, 0.2) is 18.5 Å². The van der Waals surface area contributed by atoms with Gasteiger partial charge in [-0.2, -0.15) is 0 Å². The first-order chi connectivity index (χ1) is 7.50. The maximum atomic E-state index is 11.7. The van der Waals surface area contributed by atoms with Crippen LogP contribution in [0.2, 0.25) is 5.02 Å². The summed E-state index contributed by atoms with van der Waals surface area (Å²) in [6.07, 6.45) is 3.40. The number of nitrogens with two attached hydrogens (primary N) is 1. The van der Waals surface area contributed by atoms with Crippen molar-refractivity contribution < 1.29 is 4.79 Å². The lowest BCUT2D eigenvalue weighted by Crippen LogP contribution is -2.35. The molecule has 0 bridgehead atoms. The fourth-order valence-electron chi connectivity index (χ4n) is 1.21. The van der Waals surface area contributed by atoms with Gasteiger partial charge in [-0.15, -0.1) is 0 Å². The van der Waals surface area contributed by atoms with Crippen LogP contribution in [-0.2, 0) is 0 Å². The van der Waals surface area contributed by atoms with Crippen LogP contribution in [0.1, 0.15) is 23.7 Å². The van der Waals surface area contributed by atoms with Gasteiger partial charge in [0.2, 0.25) is 0 Å². The first-order valence-corrected chi connectivity index (χ1v) is 5.48. The first-order valence-electron chi connectivity index (χ1n) is 4.69. The van der Waals surface area contributed by atoms with Crippen molar-refractivity contribution in [1.82, 2.24) is 10.3 Å². The molecule has 1 rings (SSSR count). The van der Waals surface area contributed by atoms with Crippen molar-refractivity contribution in [2.45, 2.75) is 19.4 Å². The van der Waals surface area contributed by atoms with Crippen LogP contribution < -0.4 is 11.1 Å². The van der Waals surface area contributed by atoms with Crippen molar-refractivity contribution in [3.8, 4) is 0 Å². The zero-order chi connectivity index (χ0) is 12.1. The predicted molar refractivity (Wildman–Crippen MR) is 67.6 cm³/mol. The van der Waals surface area contributed by atoms with Crippen LogP contribution in [0, 0.1) is 0 Å². The van der Waals surface area contributed by atoms with Crippen LogP contribution in [0.5, 0.6) is 0 Å². The summed E-state index contributed by atoms with van der Waals surface area (Å²) >= 11 is 10.6. The Morgan fingerprint density at radius 1 is 1.75 bits per heavy atom. The van der Waals surface area contributed by atoms with E-state index in [0.717, 1.165) is 0 Å². The highest BCUT2D eigenvalue weighted by Gasteiger charge is 2.13. The summed E-state index contributed by atoms with van der Waals surface area (Å²) in [6.45, 7) is 1.83. The summed E-state index contributed by atoms with van der Waals surface area (Å²) in [5, 5.41) is 3.07. The van der Waals surface area contributed by atoms with E-state index in [1.54, 1.807) is 6.07 Å². The number of carbonyl (C=O) groups excluding carboxylic acids is 1. The van der Waals surface area contributed by atoms with E-state index in [9.17, 15) is 4.79 Å². The second-order valence-electron chi connectivity index (χ2n) is 3.40. The summed E-state index contributed by atoms with van der Waals surface area (Å²) < 4.78 is 0. The van der Waals surface area contributed by atoms with Gasteiger partial charge in [-0.05, 0) is 13.0 Å². The Hall–Kier alpha value is -1.20. The molecule has 4 nitrogen and oxygen atoms in total. The number of nitrogens with zero attached hydrogens (tertiary/aromatic N) is 1. The summed E-state index contributed by atoms with van der Waals surface area (Å²) in [5.41, 5.74) is 5.78. The highest BCUT2D eigenvalue weighted by Crippen LogP contribution is 2.13. The summed E-state index contributed by atoms with van der Waals surface area (Å²) in [7, 11) is 0. The van der Waals surface area contributed by atoms with Crippen molar-refractivity contribution in [2.24, 2.45) is 5.73 Å². The Balaban J connectivity index is 2.66. The molecular formula is C10H12ClN3OS. The summed E-state index contributed by atoms with van der Waals surface area (Å²) in [6, 6.07) is 1.44. The Labute approximate surface area is 104 Å². The smallest absolute Gasteiger partial charge is 0.253 e. The largest absolute Gasteiger partial charge is 0.393 e. The fraction of sp³-hybridized carbons (Fsp3) is 0.300. The Bertz CT molecular complexity index is 411. The lowest BCUT2D eigenvalue weighted by atomic mass is 10.2. The highest BCUT2D eigenvalue weighted by atomic mass is 35.5. The number of aromatic nitrogens is 1. The predicted octanol–water partition coefficient (Wildman–Crippen LogP) is 1.53. The molecule has 16 heavy (non-hydrogen) atoms. The first kappa shape index (κ1) is 12.9. The second kappa shape index (κ2) is 5.77. The zero-order valence-corrected chi connectivity index (χ0v) is 10.3. The monoisotopic (exact) mass is 257 g/mol. The molecule has 6 heteroatoms. The van der Waals surface area contributed by atoms with Crippen LogP contribution in [0.25, 0.3) is 0 Å². The number of amides is 1. The molecule has 0 aliphatic carbocycles. The molecule has 0 fully saturated rings. The van der Waals surface area contributed by atoms with Gasteiger partial charge in [0.15, 0.2) is 0 Å². The molecule has 1 atom stereocenters. The minimum atomic E-state index is -0.254. The van der Waals surface area contributed by atoms with Gasteiger partial charge in [0, 0.05) is 24.9 Å². The van der Waals surface area contributed by atoms with Gasteiger partial charge in [0.25, 0.3) is 5.91 Å². The number of hydrogen-bond donors (Lipinski definition) is 2. The topological polar surface area (TPSA) is 68.0 Å². The van der Waals surface area contributed by atoms with Crippen LogP contribution in [-0.4, -0.2) is 21.9 Å². The lowest BCUT2D eigenvalue weighted by Gasteiger charge is -2.13. The Morgan fingerprint density at radius 2 is 2.44 bits per heavy atom. The zero-order valence-electron chi connectivity index (χ0n) is 8.74.